The molecule has 0 fully saturated rings. The fourth-order valence-electron chi connectivity index (χ4n) is 1.91. The van der Waals surface area contributed by atoms with Gasteiger partial charge in [-0.1, -0.05) is 6.07 Å². The standard InChI is InChI=1S/C16H18N4O3/c1-11(21)19-14-7-6-12(9-15(14)23-2)20-16(22)18-10-13-5-3-4-8-17-13/h3-9H,10H2,1-2H3,(H,19,21)(H2,18,20,22). The van der Waals surface area contributed by atoms with Crippen molar-refractivity contribution in [3.63, 3.8) is 0 Å². The smallest absolute Gasteiger partial charge is 0.319 e. The zero-order chi connectivity index (χ0) is 16.7. The summed E-state index contributed by atoms with van der Waals surface area (Å²) in [5, 5.41) is 8.06. The predicted molar refractivity (Wildman–Crippen MR) is 87.4 cm³/mol. The molecule has 0 atom stereocenters. The van der Waals surface area contributed by atoms with E-state index in [9.17, 15) is 9.59 Å². The SMILES string of the molecule is COc1cc(NC(=O)NCc2ccccn2)ccc1NC(C)=O. The van der Waals surface area contributed by atoms with E-state index in [0.29, 0.717) is 23.7 Å². The van der Waals surface area contributed by atoms with E-state index < -0.39 is 0 Å². The van der Waals surface area contributed by atoms with E-state index in [1.54, 1.807) is 24.4 Å². The van der Waals surface area contributed by atoms with E-state index >= 15 is 0 Å². The van der Waals surface area contributed by atoms with Gasteiger partial charge in [-0.25, -0.2) is 4.79 Å². The van der Waals surface area contributed by atoms with Crippen molar-refractivity contribution in [1.29, 1.82) is 0 Å². The molecule has 0 spiro atoms. The molecular weight excluding hydrogens is 296 g/mol. The topological polar surface area (TPSA) is 92.3 Å². The molecule has 2 rings (SSSR count). The first-order chi connectivity index (χ1) is 11.1. The van der Waals surface area contributed by atoms with Crippen molar-refractivity contribution < 1.29 is 14.3 Å². The lowest BCUT2D eigenvalue weighted by Crippen LogP contribution is -2.28. The van der Waals surface area contributed by atoms with Crippen LogP contribution in [-0.2, 0) is 11.3 Å². The third-order valence-electron chi connectivity index (χ3n) is 2.93. The highest BCUT2D eigenvalue weighted by molar-refractivity contribution is 5.93. The van der Waals surface area contributed by atoms with Gasteiger partial charge in [0.1, 0.15) is 5.75 Å². The largest absolute Gasteiger partial charge is 0.494 e. The number of hydrogen-bond donors (Lipinski definition) is 3. The molecule has 1 aromatic carbocycles. The second-order valence-corrected chi connectivity index (χ2v) is 4.73. The summed E-state index contributed by atoms with van der Waals surface area (Å²) in [6.45, 7) is 1.74. The Bertz CT molecular complexity index is 689. The summed E-state index contributed by atoms with van der Waals surface area (Å²) in [6, 6.07) is 10.1. The van der Waals surface area contributed by atoms with Crippen LogP contribution in [0, 0.1) is 0 Å². The van der Waals surface area contributed by atoms with Crippen LogP contribution < -0.4 is 20.7 Å². The van der Waals surface area contributed by atoms with E-state index in [-0.39, 0.29) is 11.9 Å². The van der Waals surface area contributed by atoms with Crippen LogP contribution in [0.3, 0.4) is 0 Å². The molecule has 1 heterocycles. The lowest BCUT2D eigenvalue weighted by Gasteiger charge is -2.12. The average molecular weight is 314 g/mol. The second-order valence-electron chi connectivity index (χ2n) is 4.73. The summed E-state index contributed by atoms with van der Waals surface area (Å²) in [6.07, 6.45) is 1.67. The van der Waals surface area contributed by atoms with E-state index in [1.165, 1.54) is 14.0 Å². The number of carbonyl (C=O) groups excluding carboxylic acids is 2. The molecule has 7 heteroatoms. The molecule has 120 valence electrons. The van der Waals surface area contributed by atoms with Gasteiger partial charge in [0.2, 0.25) is 5.91 Å². The Labute approximate surface area is 134 Å². The molecule has 3 amide bonds. The van der Waals surface area contributed by atoms with Crippen molar-refractivity contribution in [2.75, 3.05) is 17.7 Å². The quantitative estimate of drug-likeness (QED) is 0.790. The summed E-state index contributed by atoms with van der Waals surface area (Å²) in [7, 11) is 1.49. The maximum atomic E-state index is 11.9. The predicted octanol–water partition coefficient (Wildman–Crippen LogP) is 2.37. The van der Waals surface area contributed by atoms with Crippen LogP contribution in [0.4, 0.5) is 16.2 Å². The van der Waals surface area contributed by atoms with Crippen LogP contribution in [0.15, 0.2) is 42.6 Å². The first-order valence-electron chi connectivity index (χ1n) is 6.99. The van der Waals surface area contributed by atoms with Gasteiger partial charge in [0.05, 0.1) is 25.0 Å². The molecule has 3 N–H and O–H groups in total. The van der Waals surface area contributed by atoms with Crippen molar-refractivity contribution in [3.8, 4) is 5.75 Å². The van der Waals surface area contributed by atoms with E-state index in [2.05, 4.69) is 20.9 Å². The fraction of sp³-hybridized carbons (Fsp3) is 0.188. The van der Waals surface area contributed by atoms with Gasteiger partial charge >= 0.3 is 6.03 Å². The van der Waals surface area contributed by atoms with Gasteiger partial charge in [0, 0.05) is 24.9 Å². The second kappa shape index (κ2) is 7.79. The molecular formula is C16H18N4O3. The summed E-state index contributed by atoms with van der Waals surface area (Å²) >= 11 is 0. The third-order valence-corrected chi connectivity index (χ3v) is 2.93. The van der Waals surface area contributed by atoms with Crippen LogP contribution in [0.2, 0.25) is 0 Å². The number of hydrogen-bond acceptors (Lipinski definition) is 4. The lowest BCUT2D eigenvalue weighted by atomic mass is 10.2. The molecule has 1 aromatic heterocycles. The summed E-state index contributed by atoms with van der Waals surface area (Å²) < 4.78 is 5.20. The van der Waals surface area contributed by atoms with Crippen molar-refractivity contribution in [2.24, 2.45) is 0 Å². The maximum Gasteiger partial charge on any atom is 0.319 e. The molecule has 0 aliphatic carbocycles. The van der Waals surface area contributed by atoms with Crippen LogP contribution in [0.1, 0.15) is 12.6 Å². The van der Waals surface area contributed by atoms with Gasteiger partial charge in [-0.3, -0.25) is 9.78 Å². The summed E-state index contributed by atoms with van der Waals surface area (Å²) in [5.74, 6) is 0.264. The molecule has 0 radical (unpaired) electrons. The highest BCUT2D eigenvalue weighted by Crippen LogP contribution is 2.27. The van der Waals surface area contributed by atoms with Crippen LogP contribution in [0.5, 0.6) is 5.75 Å². The van der Waals surface area contributed by atoms with E-state index in [0.717, 1.165) is 5.69 Å². The number of nitrogens with zero attached hydrogens (tertiary/aromatic N) is 1. The van der Waals surface area contributed by atoms with Crippen LogP contribution >= 0.6 is 0 Å². The minimum atomic E-state index is -0.356. The minimum absolute atomic E-state index is 0.197. The number of urea groups is 1. The monoisotopic (exact) mass is 314 g/mol. The Balaban J connectivity index is 1.96. The number of methoxy groups -OCH3 is 1. The number of anilines is 2. The van der Waals surface area contributed by atoms with Crippen molar-refractivity contribution in [2.45, 2.75) is 13.5 Å². The van der Waals surface area contributed by atoms with Crippen molar-refractivity contribution in [3.05, 3.63) is 48.3 Å². The Morgan fingerprint density at radius 1 is 1.17 bits per heavy atom. The molecule has 0 saturated heterocycles. The number of ether oxygens (including phenoxy) is 1. The normalized spacial score (nSPS) is 9.83. The number of aromatic nitrogens is 1. The Kier molecular flexibility index (Phi) is 5.51. The average Bonchev–Trinajstić information content (AvgIpc) is 2.55. The van der Waals surface area contributed by atoms with Gasteiger partial charge < -0.3 is 20.7 Å². The van der Waals surface area contributed by atoms with Crippen molar-refractivity contribution in [1.82, 2.24) is 10.3 Å². The maximum absolute atomic E-state index is 11.9. The number of amides is 3. The first kappa shape index (κ1) is 16.3. The van der Waals surface area contributed by atoms with Gasteiger partial charge in [0.15, 0.2) is 0 Å². The fourth-order valence-corrected chi connectivity index (χ4v) is 1.91. The molecule has 0 saturated carbocycles. The van der Waals surface area contributed by atoms with E-state index in [1.807, 2.05) is 18.2 Å². The summed E-state index contributed by atoms with van der Waals surface area (Å²) in [5.41, 5.74) is 1.86. The zero-order valence-corrected chi connectivity index (χ0v) is 12.9. The molecule has 0 unspecified atom stereocenters. The summed E-state index contributed by atoms with van der Waals surface area (Å²) in [4.78, 5) is 27.1. The number of benzene rings is 1. The highest BCUT2D eigenvalue weighted by atomic mass is 16.5. The van der Waals surface area contributed by atoms with E-state index in [4.69, 9.17) is 4.74 Å². The third kappa shape index (κ3) is 4.99. The van der Waals surface area contributed by atoms with Crippen LogP contribution in [0.25, 0.3) is 0 Å². The molecule has 7 nitrogen and oxygen atoms in total. The zero-order valence-electron chi connectivity index (χ0n) is 12.9. The van der Waals surface area contributed by atoms with Gasteiger partial charge in [0.25, 0.3) is 0 Å². The number of rotatable bonds is 5. The van der Waals surface area contributed by atoms with Crippen molar-refractivity contribution >= 4 is 23.3 Å². The Morgan fingerprint density at radius 2 is 2.00 bits per heavy atom. The number of carbonyl (C=O) groups is 2. The van der Waals surface area contributed by atoms with Gasteiger partial charge in [-0.15, -0.1) is 0 Å². The highest BCUT2D eigenvalue weighted by Gasteiger charge is 2.08. The molecule has 23 heavy (non-hydrogen) atoms. The Hall–Kier alpha value is -3.09. The Morgan fingerprint density at radius 3 is 2.65 bits per heavy atom. The molecule has 2 aromatic rings. The molecule has 0 aliphatic heterocycles. The minimum Gasteiger partial charge on any atom is -0.494 e. The van der Waals surface area contributed by atoms with Gasteiger partial charge in [-0.05, 0) is 24.3 Å². The molecule has 0 aliphatic rings. The molecule has 0 bridgehead atoms. The van der Waals surface area contributed by atoms with Crippen LogP contribution in [-0.4, -0.2) is 24.0 Å². The lowest BCUT2D eigenvalue weighted by molar-refractivity contribution is -0.114. The number of nitrogens with one attached hydrogen (secondary N) is 3. The number of pyridine rings is 1. The first-order valence-corrected chi connectivity index (χ1v) is 6.99. The van der Waals surface area contributed by atoms with Gasteiger partial charge in [-0.2, -0.15) is 0 Å².